The van der Waals surface area contributed by atoms with Crippen LogP contribution in [0.4, 0.5) is 13.2 Å². The minimum Gasteiger partial charge on any atom is -0.489 e. The molecule has 0 fully saturated rings. The fourth-order valence-electron chi connectivity index (χ4n) is 2.26. The highest BCUT2D eigenvalue weighted by Gasteiger charge is 2.36. The third-order valence-corrected chi connectivity index (χ3v) is 3.46. The van der Waals surface area contributed by atoms with Gasteiger partial charge < -0.3 is 15.2 Å². The van der Waals surface area contributed by atoms with Crippen molar-refractivity contribution in [2.45, 2.75) is 31.7 Å². The Balaban J connectivity index is 1.94. The van der Waals surface area contributed by atoms with E-state index in [1.54, 1.807) is 42.7 Å². The Hall–Kier alpha value is -3.10. The van der Waals surface area contributed by atoms with Crippen molar-refractivity contribution in [2.24, 2.45) is 0 Å². The molecule has 2 aromatic rings. The molecular weight excluding hydrogens is 365 g/mol. The van der Waals surface area contributed by atoms with E-state index in [4.69, 9.17) is 9.84 Å². The molecule has 1 aromatic carbocycles. The van der Waals surface area contributed by atoms with Crippen LogP contribution in [0.2, 0.25) is 0 Å². The Kier molecular flexibility index (Phi) is 6.75. The van der Waals surface area contributed by atoms with E-state index in [1.807, 2.05) is 11.4 Å². The first-order valence-electron chi connectivity index (χ1n) is 7.92. The number of rotatable bonds is 8. The number of amides is 1. The molecule has 144 valence electrons. The van der Waals surface area contributed by atoms with Crippen LogP contribution >= 0.6 is 0 Å². The second kappa shape index (κ2) is 9.02. The van der Waals surface area contributed by atoms with E-state index >= 15 is 0 Å². The zero-order valence-corrected chi connectivity index (χ0v) is 14.1. The number of carbonyl (C=O) groups excluding carboxylic acids is 1. The van der Waals surface area contributed by atoms with Gasteiger partial charge in [0.05, 0.1) is 12.8 Å². The summed E-state index contributed by atoms with van der Waals surface area (Å²) in [6.07, 6.45) is -3.33. The predicted octanol–water partition coefficient (Wildman–Crippen LogP) is 2.72. The Morgan fingerprint density at radius 3 is 2.56 bits per heavy atom. The van der Waals surface area contributed by atoms with E-state index in [0.29, 0.717) is 11.3 Å². The molecule has 1 heterocycles. The van der Waals surface area contributed by atoms with Gasteiger partial charge in [0.1, 0.15) is 18.4 Å². The number of pyridine rings is 1. The number of carbonyl (C=O) groups is 2. The SMILES string of the molecule is O=C(Cc1cccc(OCc2cccnc2)c1)NC(CC(F)(F)F)C(=O)O. The van der Waals surface area contributed by atoms with E-state index in [1.165, 1.54) is 0 Å². The summed E-state index contributed by atoms with van der Waals surface area (Å²) in [6.45, 7) is 0.260. The molecule has 0 bridgehead atoms. The van der Waals surface area contributed by atoms with Crippen LogP contribution in [0.3, 0.4) is 0 Å². The third kappa shape index (κ3) is 7.35. The molecule has 1 aromatic heterocycles. The largest absolute Gasteiger partial charge is 0.489 e. The Morgan fingerprint density at radius 2 is 1.93 bits per heavy atom. The monoisotopic (exact) mass is 382 g/mol. The minimum atomic E-state index is -4.70. The van der Waals surface area contributed by atoms with Gasteiger partial charge in [0.25, 0.3) is 0 Å². The van der Waals surface area contributed by atoms with Crippen LogP contribution < -0.4 is 10.1 Å². The summed E-state index contributed by atoms with van der Waals surface area (Å²) in [5.74, 6) is -2.10. The first kappa shape index (κ1) is 20.2. The van der Waals surface area contributed by atoms with E-state index in [9.17, 15) is 22.8 Å². The topological polar surface area (TPSA) is 88.5 Å². The molecule has 6 nitrogen and oxygen atoms in total. The lowest BCUT2D eigenvalue weighted by Crippen LogP contribution is -2.44. The van der Waals surface area contributed by atoms with Crippen LogP contribution in [0.25, 0.3) is 0 Å². The molecule has 0 radical (unpaired) electrons. The summed E-state index contributed by atoms with van der Waals surface area (Å²) < 4.78 is 42.7. The molecule has 0 aliphatic carbocycles. The van der Waals surface area contributed by atoms with E-state index in [2.05, 4.69) is 4.98 Å². The average molecular weight is 382 g/mol. The first-order chi connectivity index (χ1) is 12.7. The molecule has 1 unspecified atom stereocenters. The third-order valence-electron chi connectivity index (χ3n) is 3.46. The molecular formula is C18H17F3N2O4. The summed E-state index contributed by atoms with van der Waals surface area (Å²) in [6, 6.07) is 8.02. The second-order valence-corrected chi connectivity index (χ2v) is 5.75. The lowest BCUT2D eigenvalue weighted by Gasteiger charge is -2.16. The van der Waals surface area contributed by atoms with Gasteiger partial charge in [-0.15, -0.1) is 0 Å². The van der Waals surface area contributed by atoms with Gasteiger partial charge in [0.2, 0.25) is 5.91 Å². The number of hydrogen-bond acceptors (Lipinski definition) is 4. The maximum absolute atomic E-state index is 12.4. The molecule has 0 spiro atoms. The number of nitrogens with zero attached hydrogens (tertiary/aromatic N) is 1. The Bertz CT molecular complexity index is 782. The van der Waals surface area contributed by atoms with Crippen LogP contribution in [0.5, 0.6) is 5.75 Å². The van der Waals surface area contributed by atoms with Crippen LogP contribution in [0.1, 0.15) is 17.5 Å². The summed E-state index contributed by atoms with van der Waals surface area (Å²) >= 11 is 0. The van der Waals surface area contributed by atoms with Crippen molar-refractivity contribution in [3.05, 3.63) is 59.9 Å². The normalized spacial score (nSPS) is 12.3. The summed E-state index contributed by atoms with van der Waals surface area (Å²) in [4.78, 5) is 26.8. The number of aliphatic carboxylic acids is 1. The van der Waals surface area contributed by atoms with Crippen LogP contribution in [-0.2, 0) is 22.6 Å². The minimum absolute atomic E-state index is 0.260. The van der Waals surface area contributed by atoms with Gasteiger partial charge in [0, 0.05) is 18.0 Å². The molecule has 2 rings (SSSR count). The maximum Gasteiger partial charge on any atom is 0.391 e. The van der Waals surface area contributed by atoms with Crippen molar-refractivity contribution in [3.8, 4) is 5.75 Å². The molecule has 0 aliphatic heterocycles. The number of carboxylic acid groups (broad SMARTS) is 1. The molecule has 0 aliphatic rings. The number of nitrogens with one attached hydrogen (secondary N) is 1. The van der Waals surface area contributed by atoms with Crippen molar-refractivity contribution in [1.29, 1.82) is 0 Å². The fourth-order valence-corrected chi connectivity index (χ4v) is 2.26. The molecule has 27 heavy (non-hydrogen) atoms. The lowest BCUT2D eigenvalue weighted by atomic mass is 10.1. The zero-order chi connectivity index (χ0) is 19.9. The van der Waals surface area contributed by atoms with Gasteiger partial charge in [0.15, 0.2) is 0 Å². The van der Waals surface area contributed by atoms with Crippen molar-refractivity contribution >= 4 is 11.9 Å². The molecule has 1 amide bonds. The smallest absolute Gasteiger partial charge is 0.391 e. The van der Waals surface area contributed by atoms with Crippen LogP contribution in [0, 0.1) is 0 Å². The van der Waals surface area contributed by atoms with Crippen molar-refractivity contribution in [3.63, 3.8) is 0 Å². The molecule has 0 saturated heterocycles. The van der Waals surface area contributed by atoms with Crippen molar-refractivity contribution in [2.75, 3.05) is 0 Å². The van der Waals surface area contributed by atoms with Crippen molar-refractivity contribution < 1.29 is 32.6 Å². The van der Waals surface area contributed by atoms with Gasteiger partial charge in [-0.05, 0) is 23.8 Å². The summed E-state index contributed by atoms with van der Waals surface area (Å²) in [5.41, 5.74) is 1.32. The van der Waals surface area contributed by atoms with Crippen LogP contribution in [0.15, 0.2) is 48.8 Å². The van der Waals surface area contributed by atoms with E-state index < -0.39 is 30.5 Å². The van der Waals surface area contributed by atoms with Gasteiger partial charge in [-0.1, -0.05) is 18.2 Å². The molecule has 1 atom stereocenters. The van der Waals surface area contributed by atoms with Gasteiger partial charge in [-0.3, -0.25) is 9.78 Å². The number of aromatic nitrogens is 1. The standard InChI is InChI=1S/C18H17F3N2O4/c19-18(20,21)9-15(17(25)26)23-16(24)8-12-3-1-5-14(7-12)27-11-13-4-2-6-22-10-13/h1-7,10,15H,8-9,11H2,(H,23,24)(H,25,26). The van der Waals surface area contributed by atoms with Gasteiger partial charge in [-0.2, -0.15) is 13.2 Å². The summed E-state index contributed by atoms with van der Waals surface area (Å²) in [5, 5.41) is 10.7. The molecule has 0 saturated carbocycles. The quantitative estimate of drug-likeness (QED) is 0.733. The molecule has 9 heteroatoms. The lowest BCUT2D eigenvalue weighted by molar-refractivity contribution is -0.159. The van der Waals surface area contributed by atoms with Crippen molar-refractivity contribution in [1.82, 2.24) is 10.3 Å². The highest BCUT2D eigenvalue weighted by atomic mass is 19.4. The maximum atomic E-state index is 12.4. The first-order valence-corrected chi connectivity index (χ1v) is 7.92. The highest BCUT2D eigenvalue weighted by molar-refractivity contribution is 5.84. The van der Waals surface area contributed by atoms with Crippen LogP contribution in [-0.4, -0.2) is 34.2 Å². The number of carboxylic acids is 1. The number of benzene rings is 1. The average Bonchev–Trinajstić information content (AvgIpc) is 2.59. The summed E-state index contributed by atoms with van der Waals surface area (Å²) in [7, 11) is 0. The van der Waals surface area contributed by atoms with Gasteiger partial charge in [-0.25, -0.2) is 4.79 Å². The van der Waals surface area contributed by atoms with E-state index in [-0.39, 0.29) is 13.0 Å². The predicted molar refractivity (Wildman–Crippen MR) is 89.0 cm³/mol. The Morgan fingerprint density at radius 1 is 1.19 bits per heavy atom. The van der Waals surface area contributed by atoms with E-state index in [0.717, 1.165) is 5.56 Å². The number of alkyl halides is 3. The fraction of sp³-hybridized carbons (Fsp3) is 0.278. The Labute approximate surface area is 153 Å². The number of hydrogen-bond donors (Lipinski definition) is 2. The van der Waals surface area contributed by atoms with Gasteiger partial charge >= 0.3 is 12.1 Å². The number of halogens is 3. The second-order valence-electron chi connectivity index (χ2n) is 5.75. The zero-order valence-electron chi connectivity index (χ0n) is 14.1. The number of ether oxygens (including phenoxy) is 1. The highest BCUT2D eigenvalue weighted by Crippen LogP contribution is 2.22. The molecule has 2 N–H and O–H groups in total.